The van der Waals surface area contributed by atoms with Crippen LogP contribution < -0.4 is 5.32 Å². The summed E-state index contributed by atoms with van der Waals surface area (Å²) in [5.41, 5.74) is -1.20. The molecule has 122 valence electrons. The first-order chi connectivity index (χ1) is 9.69. The van der Waals surface area contributed by atoms with Gasteiger partial charge in [0.25, 0.3) is 0 Å². The second-order valence-corrected chi connectivity index (χ2v) is 7.98. The van der Waals surface area contributed by atoms with E-state index in [0.29, 0.717) is 6.04 Å². The van der Waals surface area contributed by atoms with Crippen molar-refractivity contribution in [3.8, 4) is 0 Å². The number of carbonyl (C=O) groups is 1. The number of rotatable bonds is 4. The number of carboxylic acid groups (broad SMARTS) is 1. The average Bonchev–Trinajstić information content (AvgIpc) is 2.38. The van der Waals surface area contributed by atoms with Crippen LogP contribution >= 0.6 is 0 Å². The van der Waals surface area contributed by atoms with Gasteiger partial charge in [-0.3, -0.25) is 4.79 Å². The van der Waals surface area contributed by atoms with Gasteiger partial charge in [-0.1, -0.05) is 19.3 Å². The van der Waals surface area contributed by atoms with E-state index in [1.165, 1.54) is 19.3 Å². The lowest BCUT2D eigenvalue weighted by molar-refractivity contribution is -0.152. The summed E-state index contributed by atoms with van der Waals surface area (Å²) in [7, 11) is 0. The van der Waals surface area contributed by atoms with Gasteiger partial charge in [0.05, 0.1) is 11.0 Å². The molecule has 2 aliphatic rings. The van der Waals surface area contributed by atoms with Crippen LogP contribution in [0.2, 0.25) is 0 Å². The summed E-state index contributed by atoms with van der Waals surface area (Å²) in [4.78, 5) is 11.5. The normalized spacial score (nSPS) is 26.8. The lowest BCUT2D eigenvalue weighted by Crippen LogP contribution is -2.60. The van der Waals surface area contributed by atoms with Crippen molar-refractivity contribution in [2.45, 2.75) is 89.8 Å². The summed E-state index contributed by atoms with van der Waals surface area (Å²) in [6.07, 6.45) is 8.16. The molecule has 2 N–H and O–H groups in total. The SMILES string of the molecule is CC(C)(NC1CCOC2(CCCCC2)C1)C(C)(C)C(=O)O. The van der Waals surface area contributed by atoms with Crippen molar-refractivity contribution >= 4 is 5.97 Å². The third kappa shape index (κ3) is 3.42. The van der Waals surface area contributed by atoms with Gasteiger partial charge in [0, 0.05) is 18.2 Å². The van der Waals surface area contributed by atoms with Gasteiger partial charge in [-0.15, -0.1) is 0 Å². The number of hydrogen-bond acceptors (Lipinski definition) is 3. The largest absolute Gasteiger partial charge is 0.481 e. The van der Waals surface area contributed by atoms with Crippen molar-refractivity contribution < 1.29 is 14.6 Å². The fourth-order valence-corrected chi connectivity index (χ4v) is 3.65. The summed E-state index contributed by atoms with van der Waals surface area (Å²) < 4.78 is 6.13. The minimum absolute atomic E-state index is 0.0532. The van der Waals surface area contributed by atoms with E-state index in [1.807, 2.05) is 13.8 Å². The van der Waals surface area contributed by atoms with Gasteiger partial charge in [-0.2, -0.15) is 0 Å². The van der Waals surface area contributed by atoms with Gasteiger partial charge < -0.3 is 15.2 Å². The zero-order chi connectivity index (χ0) is 15.7. The predicted molar refractivity (Wildman–Crippen MR) is 83.4 cm³/mol. The van der Waals surface area contributed by atoms with Gasteiger partial charge in [-0.25, -0.2) is 0 Å². The molecule has 1 unspecified atom stereocenters. The Morgan fingerprint density at radius 2 is 1.81 bits per heavy atom. The van der Waals surface area contributed by atoms with Crippen LogP contribution in [0.3, 0.4) is 0 Å². The number of nitrogens with one attached hydrogen (secondary N) is 1. The Hall–Kier alpha value is -0.610. The molecule has 1 spiro atoms. The Morgan fingerprint density at radius 3 is 2.38 bits per heavy atom. The van der Waals surface area contributed by atoms with E-state index in [4.69, 9.17) is 4.74 Å². The van der Waals surface area contributed by atoms with Crippen LogP contribution in [0.1, 0.15) is 72.6 Å². The van der Waals surface area contributed by atoms with Crippen LogP contribution in [0, 0.1) is 5.41 Å². The third-order valence-electron chi connectivity index (χ3n) is 5.92. The van der Waals surface area contributed by atoms with Crippen molar-refractivity contribution in [3.05, 3.63) is 0 Å². The zero-order valence-electron chi connectivity index (χ0n) is 14.0. The second kappa shape index (κ2) is 5.88. The molecule has 2 rings (SSSR count). The highest BCUT2D eigenvalue weighted by molar-refractivity contribution is 5.75. The van der Waals surface area contributed by atoms with Crippen LogP contribution in [-0.4, -0.2) is 34.9 Å². The van der Waals surface area contributed by atoms with Crippen molar-refractivity contribution in [1.29, 1.82) is 0 Å². The molecule has 1 saturated carbocycles. The van der Waals surface area contributed by atoms with Gasteiger partial charge in [0.1, 0.15) is 0 Å². The van der Waals surface area contributed by atoms with E-state index < -0.39 is 16.9 Å². The summed E-state index contributed by atoms with van der Waals surface area (Å²) >= 11 is 0. The number of hydrogen-bond donors (Lipinski definition) is 2. The number of ether oxygens (including phenoxy) is 1. The lowest BCUT2D eigenvalue weighted by Gasteiger charge is -2.48. The van der Waals surface area contributed by atoms with Crippen molar-refractivity contribution in [2.75, 3.05) is 6.61 Å². The summed E-state index contributed by atoms with van der Waals surface area (Å²) in [5, 5.41) is 13.1. The van der Waals surface area contributed by atoms with E-state index in [9.17, 15) is 9.90 Å². The maximum atomic E-state index is 11.5. The van der Waals surface area contributed by atoms with E-state index in [2.05, 4.69) is 5.32 Å². The molecular weight excluding hydrogens is 266 g/mol. The molecular formula is C17H31NO3. The molecule has 1 aliphatic heterocycles. The minimum Gasteiger partial charge on any atom is -0.481 e. The molecule has 0 aromatic heterocycles. The smallest absolute Gasteiger partial charge is 0.310 e. The van der Waals surface area contributed by atoms with E-state index >= 15 is 0 Å². The van der Waals surface area contributed by atoms with Crippen molar-refractivity contribution in [2.24, 2.45) is 5.41 Å². The topological polar surface area (TPSA) is 58.6 Å². The van der Waals surface area contributed by atoms with Crippen LogP contribution in [-0.2, 0) is 9.53 Å². The average molecular weight is 297 g/mol. The maximum Gasteiger partial charge on any atom is 0.310 e. The number of aliphatic carboxylic acids is 1. The van der Waals surface area contributed by atoms with Gasteiger partial charge >= 0.3 is 5.97 Å². The maximum absolute atomic E-state index is 11.5. The Balaban J connectivity index is 2.03. The van der Waals surface area contributed by atoms with Crippen LogP contribution in [0.4, 0.5) is 0 Å². The minimum atomic E-state index is -0.801. The Morgan fingerprint density at radius 1 is 1.19 bits per heavy atom. The summed E-state index contributed by atoms with van der Waals surface area (Å²) in [5.74, 6) is -0.751. The monoisotopic (exact) mass is 297 g/mol. The molecule has 2 fully saturated rings. The number of carboxylic acids is 1. The summed E-state index contributed by atoms with van der Waals surface area (Å²) in [6, 6.07) is 0.352. The predicted octanol–water partition coefficient (Wildman–Crippen LogP) is 3.35. The fraction of sp³-hybridized carbons (Fsp3) is 0.941. The molecule has 1 aliphatic carbocycles. The van der Waals surface area contributed by atoms with Gasteiger partial charge in [-0.05, 0) is 53.4 Å². The molecule has 0 bridgehead atoms. The first-order valence-electron chi connectivity index (χ1n) is 8.34. The van der Waals surface area contributed by atoms with Gasteiger partial charge in [0.15, 0.2) is 0 Å². The standard InChI is InChI=1S/C17H31NO3/c1-15(2,14(19)20)16(3,4)18-13-8-11-21-17(12-13)9-6-5-7-10-17/h13,18H,5-12H2,1-4H3,(H,19,20). The van der Waals surface area contributed by atoms with Crippen LogP contribution in [0.25, 0.3) is 0 Å². The molecule has 0 radical (unpaired) electrons. The molecule has 0 aromatic carbocycles. The molecule has 0 amide bonds. The molecule has 1 atom stereocenters. The molecule has 21 heavy (non-hydrogen) atoms. The zero-order valence-corrected chi connectivity index (χ0v) is 14.0. The van der Waals surface area contributed by atoms with E-state index in [0.717, 1.165) is 32.3 Å². The third-order valence-corrected chi connectivity index (χ3v) is 5.92. The van der Waals surface area contributed by atoms with Crippen LogP contribution in [0.5, 0.6) is 0 Å². The van der Waals surface area contributed by atoms with E-state index in [-0.39, 0.29) is 5.60 Å². The molecule has 1 heterocycles. The molecule has 4 heteroatoms. The van der Waals surface area contributed by atoms with Crippen LogP contribution in [0.15, 0.2) is 0 Å². The van der Waals surface area contributed by atoms with Gasteiger partial charge in [0.2, 0.25) is 0 Å². The first kappa shape index (κ1) is 16.8. The highest BCUT2D eigenvalue weighted by atomic mass is 16.5. The van der Waals surface area contributed by atoms with Crippen molar-refractivity contribution in [3.63, 3.8) is 0 Å². The highest BCUT2D eigenvalue weighted by Gasteiger charge is 2.46. The summed E-state index contributed by atoms with van der Waals surface area (Å²) in [6.45, 7) is 8.41. The lowest BCUT2D eigenvalue weighted by atomic mass is 9.72. The Labute approximate surface area is 128 Å². The Bertz CT molecular complexity index is 378. The fourth-order valence-electron chi connectivity index (χ4n) is 3.65. The van der Waals surface area contributed by atoms with E-state index in [1.54, 1.807) is 13.8 Å². The second-order valence-electron chi connectivity index (χ2n) is 7.98. The molecule has 4 nitrogen and oxygen atoms in total. The quantitative estimate of drug-likeness (QED) is 0.835. The molecule has 1 saturated heterocycles. The first-order valence-corrected chi connectivity index (χ1v) is 8.34. The van der Waals surface area contributed by atoms with Crippen molar-refractivity contribution in [1.82, 2.24) is 5.32 Å². The Kier molecular flexibility index (Phi) is 4.69. The molecule has 0 aromatic rings. The highest BCUT2D eigenvalue weighted by Crippen LogP contribution is 2.40.